The van der Waals surface area contributed by atoms with Gasteiger partial charge in [0.25, 0.3) is 0 Å². The molecule has 0 unspecified atom stereocenters. The minimum atomic E-state index is 0.514. The van der Waals surface area contributed by atoms with Crippen LogP contribution in [0, 0.1) is 0 Å². The Kier molecular flexibility index (Phi) is 2.32. The van der Waals surface area contributed by atoms with Gasteiger partial charge in [-0.2, -0.15) is 10.1 Å². The Balaban J connectivity index is 2.34. The summed E-state index contributed by atoms with van der Waals surface area (Å²) in [6, 6.07) is 1.82. The van der Waals surface area contributed by atoms with Gasteiger partial charge in [0, 0.05) is 7.05 Å². The molecular formula is C10H8BrN5O. The van der Waals surface area contributed by atoms with E-state index < -0.39 is 0 Å². The average molecular weight is 294 g/mol. The number of hydrogen-bond donors (Lipinski definition) is 2. The van der Waals surface area contributed by atoms with Crippen LogP contribution in [0.1, 0.15) is 0 Å². The summed E-state index contributed by atoms with van der Waals surface area (Å²) in [5.74, 6) is 1.18. The lowest BCUT2D eigenvalue weighted by Gasteiger charge is -2.03. The molecule has 0 aliphatic carbocycles. The molecule has 0 saturated carbocycles. The summed E-state index contributed by atoms with van der Waals surface area (Å²) in [6.07, 6.45) is 3.28. The molecule has 0 aliphatic heterocycles. The Morgan fingerprint density at radius 2 is 2.29 bits per heavy atom. The van der Waals surface area contributed by atoms with E-state index in [1.54, 1.807) is 19.5 Å². The highest BCUT2D eigenvalue weighted by Gasteiger charge is 2.15. The molecular weight excluding hydrogens is 286 g/mol. The van der Waals surface area contributed by atoms with Gasteiger partial charge < -0.3 is 9.73 Å². The van der Waals surface area contributed by atoms with E-state index in [4.69, 9.17) is 4.42 Å². The second-order valence-corrected chi connectivity index (χ2v) is 4.23. The molecule has 3 heterocycles. The number of aromatic amines is 1. The smallest absolute Gasteiger partial charge is 0.225 e. The number of anilines is 1. The third-order valence-corrected chi connectivity index (χ3v) is 2.99. The maximum absolute atomic E-state index is 5.42. The molecule has 0 aromatic carbocycles. The quantitative estimate of drug-likeness (QED) is 0.758. The van der Waals surface area contributed by atoms with Crippen LogP contribution >= 0.6 is 15.9 Å². The SMILES string of the molecule is CNc1nc(-c2occc2Br)c2cn[nH]c2n1. The second-order valence-electron chi connectivity index (χ2n) is 3.38. The van der Waals surface area contributed by atoms with Crippen molar-refractivity contribution in [1.29, 1.82) is 0 Å². The van der Waals surface area contributed by atoms with Crippen LogP contribution in [0.4, 0.5) is 5.95 Å². The summed E-state index contributed by atoms with van der Waals surface area (Å²) < 4.78 is 6.27. The highest BCUT2D eigenvalue weighted by molar-refractivity contribution is 9.10. The molecule has 7 heteroatoms. The van der Waals surface area contributed by atoms with Crippen molar-refractivity contribution in [2.45, 2.75) is 0 Å². The Bertz CT molecular complexity index is 674. The van der Waals surface area contributed by atoms with Gasteiger partial charge in [0.2, 0.25) is 5.95 Å². The number of fused-ring (bicyclic) bond motifs is 1. The number of rotatable bonds is 2. The lowest BCUT2D eigenvalue weighted by atomic mass is 10.2. The van der Waals surface area contributed by atoms with Crippen molar-refractivity contribution in [2.75, 3.05) is 12.4 Å². The third kappa shape index (κ3) is 1.59. The molecule has 0 radical (unpaired) electrons. The van der Waals surface area contributed by atoms with Gasteiger partial charge in [0.15, 0.2) is 11.4 Å². The number of furan rings is 1. The zero-order valence-electron chi connectivity index (χ0n) is 8.86. The lowest BCUT2D eigenvalue weighted by molar-refractivity contribution is 0.579. The second kappa shape index (κ2) is 3.85. The summed E-state index contributed by atoms with van der Waals surface area (Å²) >= 11 is 3.42. The molecule has 0 spiro atoms. The monoisotopic (exact) mass is 293 g/mol. The van der Waals surface area contributed by atoms with Gasteiger partial charge in [0.1, 0.15) is 5.69 Å². The fraction of sp³-hybridized carbons (Fsp3) is 0.100. The summed E-state index contributed by atoms with van der Waals surface area (Å²) in [6.45, 7) is 0. The van der Waals surface area contributed by atoms with E-state index in [1.807, 2.05) is 6.07 Å². The van der Waals surface area contributed by atoms with Crippen LogP contribution in [0.25, 0.3) is 22.5 Å². The van der Waals surface area contributed by atoms with Crippen LogP contribution in [0.15, 0.2) is 27.4 Å². The first-order chi connectivity index (χ1) is 8.29. The molecule has 0 aliphatic rings. The van der Waals surface area contributed by atoms with E-state index in [2.05, 4.69) is 41.4 Å². The number of halogens is 1. The first-order valence-corrected chi connectivity index (χ1v) is 5.71. The van der Waals surface area contributed by atoms with Gasteiger partial charge >= 0.3 is 0 Å². The Hall–Kier alpha value is -1.89. The molecule has 3 aromatic rings. The molecule has 86 valence electrons. The van der Waals surface area contributed by atoms with Crippen LogP contribution in [0.3, 0.4) is 0 Å². The predicted molar refractivity (Wildman–Crippen MR) is 66.6 cm³/mol. The Labute approximate surface area is 105 Å². The highest BCUT2D eigenvalue weighted by atomic mass is 79.9. The van der Waals surface area contributed by atoms with Crippen molar-refractivity contribution < 1.29 is 4.42 Å². The maximum Gasteiger partial charge on any atom is 0.225 e. The van der Waals surface area contributed by atoms with Crippen LogP contribution in [0.2, 0.25) is 0 Å². The molecule has 17 heavy (non-hydrogen) atoms. The summed E-state index contributed by atoms with van der Waals surface area (Å²) in [7, 11) is 1.76. The summed E-state index contributed by atoms with van der Waals surface area (Å²) in [5.41, 5.74) is 1.37. The molecule has 0 fully saturated rings. The normalized spacial score (nSPS) is 10.9. The van der Waals surface area contributed by atoms with Crippen molar-refractivity contribution in [3.8, 4) is 11.5 Å². The predicted octanol–water partition coefficient (Wildman–Crippen LogP) is 2.42. The summed E-state index contributed by atoms with van der Waals surface area (Å²) in [4.78, 5) is 8.65. The first kappa shape index (κ1) is 10.3. The third-order valence-electron chi connectivity index (χ3n) is 2.37. The van der Waals surface area contributed by atoms with Gasteiger partial charge in [-0.05, 0) is 22.0 Å². The average Bonchev–Trinajstić information content (AvgIpc) is 2.95. The Morgan fingerprint density at radius 3 is 3.00 bits per heavy atom. The minimum Gasteiger partial charge on any atom is -0.461 e. The number of H-pyrrole nitrogens is 1. The van der Waals surface area contributed by atoms with Gasteiger partial charge in [0.05, 0.1) is 22.3 Å². The number of hydrogen-bond acceptors (Lipinski definition) is 5. The fourth-order valence-electron chi connectivity index (χ4n) is 1.58. The zero-order valence-corrected chi connectivity index (χ0v) is 10.4. The molecule has 0 bridgehead atoms. The van der Waals surface area contributed by atoms with E-state index in [0.29, 0.717) is 23.0 Å². The topological polar surface area (TPSA) is 79.6 Å². The van der Waals surface area contributed by atoms with Gasteiger partial charge in [-0.3, -0.25) is 5.10 Å². The van der Waals surface area contributed by atoms with Crippen LogP contribution < -0.4 is 5.32 Å². The molecule has 3 aromatic heterocycles. The molecule has 3 rings (SSSR count). The van der Waals surface area contributed by atoms with Crippen LogP contribution in [-0.2, 0) is 0 Å². The molecule has 0 atom stereocenters. The van der Waals surface area contributed by atoms with E-state index in [0.717, 1.165) is 9.86 Å². The highest BCUT2D eigenvalue weighted by Crippen LogP contribution is 2.32. The summed E-state index contributed by atoms with van der Waals surface area (Å²) in [5, 5.41) is 10.5. The van der Waals surface area contributed by atoms with Crippen molar-refractivity contribution >= 4 is 32.9 Å². The zero-order chi connectivity index (χ0) is 11.8. The van der Waals surface area contributed by atoms with E-state index in [9.17, 15) is 0 Å². The van der Waals surface area contributed by atoms with Crippen molar-refractivity contribution in [1.82, 2.24) is 20.2 Å². The standard InChI is InChI=1S/C10H8BrN5O/c1-12-10-14-7(8-6(11)2-3-17-8)5-4-13-16-9(5)15-10/h2-4H,1H3,(H2,12,13,14,15,16). The van der Waals surface area contributed by atoms with Crippen molar-refractivity contribution in [3.63, 3.8) is 0 Å². The van der Waals surface area contributed by atoms with E-state index in [-0.39, 0.29) is 0 Å². The molecule has 0 saturated heterocycles. The van der Waals surface area contributed by atoms with Gasteiger partial charge in [-0.25, -0.2) is 4.98 Å². The lowest BCUT2D eigenvalue weighted by Crippen LogP contribution is -1.98. The van der Waals surface area contributed by atoms with E-state index in [1.165, 1.54) is 0 Å². The largest absolute Gasteiger partial charge is 0.461 e. The van der Waals surface area contributed by atoms with E-state index >= 15 is 0 Å². The molecule has 0 amide bonds. The fourth-order valence-corrected chi connectivity index (χ4v) is 1.97. The van der Waals surface area contributed by atoms with Crippen LogP contribution in [0.5, 0.6) is 0 Å². The van der Waals surface area contributed by atoms with Gasteiger partial charge in [-0.1, -0.05) is 0 Å². The van der Waals surface area contributed by atoms with Gasteiger partial charge in [-0.15, -0.1) is 0 Å². The van der Waals surface area contributed by atoms with Crippen LogP contribution in [-0.4, -0.2) is 27.2 Å². The first-order valence-electron chi connectivity index (χ1n) is 4.92. The maximum atomic E-state index is 5.42. The van der Waals surface area contributed by atoms with Crippen molar-refractivity contribution in [2.24, 2.45) is 0 Å². The molecule has 2 N–H and O–H groups in total. The number of nitrogens with one attached hydrogen (secondary N) is 2. The Morgan fingerprint density at radius 1 is 1.41 bits per heavy atom. The minimum absolute atomic E-state index is 0.514. The number of nitrogens with zero attached hydrogens (tertiary/aromatic N) is 3. The number of aromatic nitrogens is 4. The molecule has 6 nitrogen and oxygen atoms in total. The van der Waals surface area contributed by atoms with Crippen molar-refractivity contribution in [3.05, 3.63) is 23.0 Å².